The van der Waals surface area contributed by atoms with Crippen molar-refractivity contribution in [1.82, 2.24) is 0 Å². The Hall–Kier alpha value is -1.62. The van der Waals surface area contributed by atoms with Crippen LogP contribution in [-0.2, 0) is 6.61 Å². The van der Waals surface area contributed by atoms with Crippen LogP contribution in [-0.4, -0.2) is 22.6 Å². The van der Waals surface area contributed by atoms with Crippen molar-refractivity contribution < 1.29 is 10.0 Å². The lowest BCUT2D eigenvalue weighted by atomic mass is 9.92. The normalized spacial score (nSPS) is 23.4. The second-order valence-electron chi connectivity index (χ2n) is 5.41. The molecule has 2 rings (SSSR count). The second kappa shape index (κ2) is 5.57. The summed E-state index contributed by atoms with van der Waals surface area (Å²) in [7, 11) is 0. The van der Waals surface area contributed by atoms with Gasteiger partial charge in [0.2, 0.25) is 0 Å². The van der Waals surface area contributed by atoms with Crippen LogP contribution in [0.1, 0.15) is 32.3 Å². The van der Waals surface area contributed by atoms with E-state index in [2.05, 4.69) is 18.7 Å². The summed E-state index contributed by atoms with van der Waals surface area (Å²) in [5.41, 5.74) is 1.34. The Labute approximate surface area is 113 Å². The van der Waals surface area contributed by atoms with E-state index in [4.69, 9.17) is 5.11 Å². The first kappa shape index (κ1) is 13.8. The summed E-state index contributed by atoms with van der Waals surface area (Å²) in [5.74, 6) is 0.669. The summed E-state index contributed by atoms with van der Waals surface area (Å²) in [6.45, 7) is 5.01. The molecule has 5 nitrogen and oxygen atoms in total. The third-order valence-electron chi connectivity index (χ3n) is 3.87. The van der Waals surface area contributed by atoms with Crippen LogP contribution in [0.3, 0.4) is 0 Å². The van der Waals surface area contributed by atoms with Crippen LogP contribution in [0.25, 0.3) is 0 Å². The highest BCUT2D eigenvalue weighted by atomic mass is 16.6. The van der Waals surface area contributed by atoms with Gasteiger partial charge in [-0.2, -0.15) is 0 Å². The van der Waals surface area contributed by atoms with Gasteiger partial charge in [-0.15, -0.1) is 0 Å². The lowest BCUT2D eigenvalue weighted by Crippen LogP contribution is -2.40. The lowest BCUT2D eigenvalue weighted by molar-refractivity contribution is -0.384. The maximum absolute atomic E-state index is 11.2. The molecular formula is C14H20N2O3. The number of hydrogen-bond donors (Lipinski definition) is 1. The summed E-state index contributed by atoms with van der Waals surface area (Å²) in [6, 6.07) is 5.30. The smallest absolute Gasteiger partial charge is 0.292 e. The summed E-state index contributed by atoms with van der Waals surface area (Å²) in [4.78, 5) is 12.9. The number of nitro benzene ring substituents is 1. The van der Waals surface area contributed by atoms with Gasteiger partial charge >= 0.3 is 0 Å². The molecule has 1 fully saturated rings. The molecule has 1 heterocycles. The molecule has 0 spiro atoms. The number of rotatable bonds is 3. The molecule has 0 amide bonds. The first-order valence-electron chi connectivity index (χ1n) is 6.67. The molecule has 1 aliphatic rings. The number of piperidine rings is 1. The van der Waals surface area contributed by atoms with E-state index in [9.17, 15) is 10.1 Å². The fourth-order valence-electron chi connectivity index (χ4n) is 2.82. The van der Waals surface area contributed by atoms with Gasteiger partial charge in [-0.1, -0.05) is 13.0 Å². The zero-order valence-corrected chi connectivity index (χ0v) is 11.4. The zero-order chi connectivity index (χ0) is 14.0. The van der Waals surface area contributed by atoms with Gasteiger partial charge < -0.3 is 10.0 Å². The maximum Gasteiger partial charge on any atom is 0.292 e. The molecule has 1 aliphatic heterocycles. The summed E-state index contributed by atoms with van der Waals surface area (Å²) < 4.78 is 0. The molecule has 0 saturated carbocycles. The Balaban J connectivity index is 2.36. The van der Waals surface area contributed by atoms with Crippen LogP contribution < -0.4 is 4.90 Å². The molecule has 0 aromatic heterocycles. The predicted octanol–water partition coefficient (Wildman–Crippen LogP) is 2.71. The lowest BCUT2D eigenvalue weighted by Gasteiger charge is -2.37. The molecule has 19 heavy (non-hydrogen) atoms. The predicted molar refractivity (Wildman–Crippen MR) is 74.2 cm³/mol. The fraction of sp³-hybridized carbons (Fsp3) is 0.571. The zero-order valence-electron chi connectivity index (χ0n) is 11.4. The monoisotopic (exact) mass is 264 g/mol. The standard InChI is InChI=1S/C14H20N2O3/c1-10-5-6-15(11(2)7-10)13-4-3-12(9-17)8-14(13)16(18)19/h3-4,8,10-11,17H,5-7,9H2,1-2H3. The van der Waals surface area contributed by atoms with Crippen LogP contribution in [0.5, 0.6) is 0 Å². The molecule has 1 aromatic carbocycles. The number of benzene rings is 1. The molecule has 1 N–H and O–H groups in total. The van der Waals surface area contributed by atoms with E-state index in [1.54, 1.807) is 12.1 Å². The van der Waals surface area contributed by atoms with Crippen LogP contribution in [0.2, 0.25) is 0 Å². The summed E-state index contributed by atoms with van der Waals surface area (Å²) >= 11 is 0. The van der Waals surface area contributed by atoms with E-state index in [0.29, 0.717) is 23.2 Å². The molecule has 2 unspecified atom stereocenters. The van der Waals surface area contributed by atoms with Gasteiger partial charge in [0.05, 0.1) is 11.5 Å². The third kappa shape index (κ3) is 2.87. The highest BCUT2D eigenvalue weighted by molar-refractivity contribution is 5.65. The van der Waals surface area contributed by atoms with E-state index in [1.165, 1.54) is 6.07 Å². The van der Waals surface area contributed by atoms with Crippen molar-refractivity contribution in [3.63, 3.8) is 0 Å². The molecule has 2 atom stereocenters. The minimum Gasteiger partial charge on any atom is -0.392 e. The Morgan fingerprint density at radius 1 is 1.47 bits per heavy atom. The van der Waals surface area contributed by atoms with Gasteiger partial charge in [0.15, 0.2) is 0 Å². The average Bonchev–Trinajstić information content (AvgIpc) is 2.38. The Bertz CT molecular complexity index is 476. The first-order chi connectivity index (χ1) is 9.02. The van der Waals surface area contributed by atoms with Crippen molar-refractivity contribution >= 4 is 11.4 Å². The highest BCUT2D eigenvalue weighted by Gasteiger charge is 2.28. The SMILES string of the molecule is CC1CCN(c2ccc(CO)cc2[N+](=O)[O-])C(C)C1. The molecule has 5 heteroatoms. The molecule has 0 aliphatic carbocycles. The van der Waals surface area contributed by atoms with Crippen LogP contribution in [0, 0.1) is 16.0 Å². The minimum atomic E-state index is -0.362. The molecule has 104 valence electrons. The van der Waals surface area contributed by atoms with Gasteiger partial charge in [0.1, 0.15) is 5.69 Å². The summed E-state index contributed by atoms with van der Waals surface area (Å²) in [5, 5.41) is 20.3. The van der Waals surface area contributed by atoms with Crippen molar-refractivity contribution in [1.29, 1.82) is 0 Å². The topological polar surface area (TPSA) is 66.6 Å². The van der Waals surface area contributed by atoms with E-state index >= 15 is 0 Å². The number of nitrogens with zero attached hydrogens (tertiary/aromatic N) is 2. The second-order valence-corrected chi connectivity index (χ2v) is 5.41. The average molecular weight is 264 g/mol. The Morgan fingerprint density at radius 2 is 2.21 bits per heavy atom. The van der Waals surface area contributed by atoms with Crippen LogP contribution >= 0.6 is 0 Å². The Morgan fingerprint density at radius 3 is 2.79 bits per heavy atom. The van der Waals surface area contributed by atoms with Crippen molar-refractivity contribution in [3.05, 3.63) is 33.9 Å². The van der Waals surface area contributed by atoms with Crippen molar-refractivity contribution in [2.24, 2.45) is 5.92 Å². The number of nitro groups is 1. The number of aliphatic hydroxyl groups is 1. The number of anilines is 1. The molecule has 1 saturated heterocycles. The third-order valence-corrected chi connectivity index (χ3v) is 3.87. The molecular weight excluding hydrogens is 244 g/mol. The fourth-order valence-corrected chi connectivity index (χ4v) is 2.82. The van der Waals surface area contributed by atoms with Crippen molar-refractivity contribution in [2.45, 2.75) is 39.3 Å². The Kier molecular flexibility index (Phi) is 4.04. The van der Waals surface area contributed by atoms with E-state index in [0.717, 1.165) is 19.4 Å². The van der Waals surface area contributed by atoms with E-state index < -0.39 is 0 Å². The van der Waals surface area contributed by atoms with Crippen molar-refractivity contribution in [2.75, 3.05) is 11.4 Å². The molecule has 0 bridgehead atoms. The first-order valence-corrected chi connectivity index (χ1v) is 6.67. The minimum absolute atomic E-state index is 0.0907. The van der Waals surface area contributed by atoms with Gasteiger partial charge in [0.25, 0.3) is 5.69 Å². The highest BCUT2D eigenvalue weighted by Crippen LogP contribution is 2.34. The largest absolute Gasteiger partial charge is 0.392 e. The van der Waals surface area contributed by atoms with E-state index in [1.807, 2.05) is 0 Å². The quantitative estimate of drug-likeness (QED) is 0.673. The van der Waals surface area contributed by atoms with Gasteiger partial charge in [-0.25, -0.2) is 0 Å². The molecule has 1 aromatic rings. The van der Waals surface area contributed by atoms with Gasteiger partial charge in [0, 0.05) is 18.7 Å². The molecule has 0 radical (unpaired) electrons. The van der Waals surface area contributed by atoms with E-state index in [-0.39, 0.29) is 17.2 Å². The maximum atomic E-state index is 11.2. The number of aliphatic hydroxyl groups excluding tert-OH is 1. The van der Waals surface area contributed by atoms with Gasteiger partial charge in [-0.05, 0) is 37.3 Å². The summed E-state index contributed by atoms with van der Waals surface area (Å²) in [6.07, 6.45) is 2.11. The van der Waals surface area contributed by atoms with Crippen LogP contribution in [0.4, 0.5) is 11.4 Å². The van der Waals surface area contributed by atoms with Gasteiger partial charge in [-0.3, -0.25) is 10.1 Å². The van der Waals surface area contributed by atoms with Crippen LogP contribution in [0.15, 0.2) is 18.2 Å². The van der Waals surface area contributed by atoms with Crippen molar-refractivity contribution in [3.8, 4) is 0 Å². The number of hydrogen-bond acceptors (Lipinski definition) is 4.